The van der Waals surface area contributed by atoms with Gasteiger partial charge in [-0.05, 0) is 43.5 Å². The van der Waals surface area contributed by atoms with E-state index in [9.17, 15) is 4.79 Å². The molecule has 0 aromatic rings. The molecule has 0 aromatic carbocycles. The molecule has 124 valence electrons. The van der Waals surface area contributed by atoms with E-state index in [1.165, 1.54) is 0 Å². The SMILES string of the molecule is CC(C)(C)OC(=O)NCC1OB2OCC3=C2C(=C1Cl)C=COC3. The molecule has 0 aromatic heterocycles. The Balaban J connectivity index is 1.73. The minimum absolute atomic E-state index is 0.203. The third-order valence-corrected chi connectivity index (χ3v) is 4.01. The Morgan fingerprint density at radius 2 is 2.26 bits per heavy atom. The third kappa shape index (κ3) is 3.57. The summed E-state index contributed by atoms with van der Waals surface area (Å²) in [7, 11) is -0.473. The lowest BCUT2D eigenvalue weighted by Gasteiger charge is -2.28. The average Bonchev–Trinajstić information content (AvgIpc) is 2.72. The van der Waals surface area contributed by atoms with Gasteiger partial charge in [-0.2, -0.15) is 0 Å². The lowest BCUT2D eigenvalue weighted by molar-refractivity contribution is 0.0503. The van der Waals surface area contributed by atoms with E-state index in [0.29, 0.717) is 18.2 Å². The predicted octanol–water partition coefficient (Wildman–Crippen LogP) is 2.30. The van der Waals surface area contributed by atoms with E-state index in [0.717, 1.165) is 16.6 Å². The predicted molar refractivity (Wildman–Crippen MR) is 85.8 cm³/mol. The highest BCUT2D eigenvalue weighted by atomic mass is 35.5. The largest absolute Gasteiger partial charge is 0.497 e. The Hall–Kier alpha value is -1.44. The number of carbonyl (C=O) groups is 1. The van der Waals surface area contributed by atoms with Crippen molar-refractivity contribution in [2.45, 2.75) is 32.5 Å². The molecule has 1 N–H and O–H groups in total. The first-order valence-corrected chi connectivity index (χ1v) is 7.87. The number of amides is 1. The number of nitrogens with one attached hydrogen (secondary N) is 1. The van der Waals surface area contributed by atoms with Crippen molar-refractivity contribution in [2.75, 3.05) is 19.8 Å². The van der Waals surface area contributed by atoms with Gasteiger partial charge in [-0.1, -0.05) is 11.6 Å². The van der Waals surface area contributed by atoms with Crippen LogP contribution in [0.25, 0.3) is 0 Å². The first-order chi connectivity index (χ1) is 10.8. The molecule has 3 heterocycles. The number of alkyl carbamates (subject to hydrolysis) is 1. The lowest BCUT2D eigenvalue weighted by atomic mass is 9.70. The maximum Gasteiger partial charge on any atom is 0.495 e. The fourth-order valence-electron chi connectivity index (χ4n) is 2.62. The number of carbonyl (C=O) groups excluding carboxylic acids is 1. The van der Waals surface area contributed by atoms with Crippen LogP contribution in [0.5, 0.6) is 0 Å². The fourth-order valence-corrected chi connectivity index (χ4v) is 2.91. The fraction of sp³-hybridized carbons (Fsp3) is 0.533. The zero-order chi connectivity index (χ0) is 16.6. The molecule has 1 amide bonds. The summed E-state index contributed by atoms with van der Waals surface area (Å²) in [6.45, 7) is 6.55. The maximum absolute atomic E-state index is 11.8. The van der Waals surface area contributed by atoms with E-state index in [1.54, 1.807) is 27.0 Å². The highest BCUT2D eigenvalue weighted by Gasteiger charge is 2.43. The molecular formula is C15H19BClNO5. The van der Waals surface area contributed by atoms with Gasteiger partial charge in [0, 0.05) is 0 Å². The number of allylic oxidation sites excluding steroid dienone is 3. The Labute approximate surface area is 140 Å². The number of rotatable bonds is 2. The molecule has 0 aliphatic carbocycles. The van der Waals surface area contributed by atoms with E-state index in [1.807, 2.05) is 6.08 Å². The lowest BCUT2D eigenvalue weighted by Crippen LogP contribution is -2.43. The van der Waals surface area contributed by atoms with Gasteiger partial charge in [-0.15, -0.1) is 0 Å². The van der Waals surface area contributed by atoms with E-state index < -0.39 is 24.9 Å². The molecule has 1 atom stereocenters. The van der Waals surface area contributed by atoms with Crippen molar-refractivity contribution in [3.63, 3.8) is 0 Å². The Morgan fingerprint density at radius 3 is 3.00 bits per heavy atom. The number of hydrogen-bond acceptors (Lipinski definition) is 5. The molecule has 0 bridgehead atoms. The van der Waals surface area contributed by atoms with Crippen LogP contribution in [0.15, 0.2) is 34.0 Å². The van der Waals surface area contributed by atoms with Crippen molar-refractivity contribution in [3.05, 3.63) is 34.0 Å². The van der Waals surface area contributed by atoms with Crippen molar-refractivity contribution in [2.24, 2.45) is 0 Å². The van der Waals surface area contributed by atoms with Crippen LogP contribution >= 0.6 is 11.6 Å². The molecule has 0 spiro atoms. The molecule has 0 radical (unpaired) electrons. The van der Waals surface area contributed by atoms with Crippen LogP contribution in [0.3, 0.4) is 0 Å². The van der Waals surface area contributed by atoms with Crippen LogP contribution in [-0.2, 0) is 18.8 Å². The summed E-state index contributed by atoms with van der Waals surface area (Å²) in [4.78, 5) is 11.8. The van der Waals surface area contributed by atoms with Crippen LogP contribution in [0, 0.1) is 0 Å². The summed E-state index contributed by atoms with van der Waals surface area (Å²) in [5.41, 5.74) is 2.27. The van der Waals surface area contributed by atoms with Crippen LogP contribution < -0.4 is 5.32 Å². The standard InChI is InChI=1S/C15H19BClNO5/c1-15(2,3)22-14(19)18-6-11-13(17)10-4-5-20-7-9-8-21-16(23-11)12(9)10/h4-5,11H,6-8H2,1-3H3,(H,18,19). The van der Waals surface area contributed by atoms with Crippen molar-refractivity contribution < 1.29 is 23.6 Å². The molecule has 23 heavy (non-hydrogen) atoms. The average molecular weight is 340 g/mol. The summed E-state index contributed by atoms with van der Waals surface area (Å²) in [5.74, 6) is 0. The second-order valence-corrected chi connectivity index (χ2v) is 6.95. The molecule has 6 nitrogen and oxygen atoms in total. The summed E-state index contributed by atoms with van der Waals surface area (Å²) < 4.78 is 22.1. The van der Waals surface area contributed by atoms with Crippen molar-refractivity contribution in [1.82, 2.24) is 5.32 Å². The van der Waals surface area contributed by atoms with Crippen molar-refractivity contribution >= 4 is 24.8 Å². The summed E-state index contributed by atoms with van der Waals surface area (Å²) in [6, 6.07) is 0. The second-order valence-electron chi connectivity index (χ2n) is 6.54. The Bertz CT molecular complexity index is 607. The highest BCUT2D eigenvalue weighted by Crippen LogP contribution is 2.38. The van der Waals surface area contributed by atoms with Gasteiger partial charge >= 0.3 is 13.2 Å². The summed E-state index contributed by atoms with van der Waals surface area (Å²) >= 11 is 6.47. The summed E-state index contributed by atoms with van der Waals surface area (Å²) in [5, 5.41) is 3.20. The van der Waals surface area contributed by atoms with Gasteiger partial charge in [0.2, 0.25) is 0 Å². The highest BCUT2D eigenvalue weighted by molar-refractivity contribution is 6.58. The molecule has 3 rings (SSSR count). The zero-order valence-electron chi connectivity index (χ0n) is 13.3. The quantitative estimate of drug-likeness (QED) is 0.782. The summed E-state index contributed by atoms with van der Waals surface area (Å²) in [6.07, 6.45) is 2.44. The molecule has 3 aliphatic heterocycles. The van der Waals surface area contributed by atoms with Gasteiger partial charge < -0.3 is 24.1 Å². The smallest absolute Gasteiger partial charge is 0.495 e. The molecule has 0 saturated heterocycles. The van der Waals surface area contributed by atoms with Crippen molar-refractivity contribution in [1.29, 1.82) is 0 Å². The number of hydrogen-bond donors (Lipinski definition) is 1. The maximum atomic E-state index is 11.8. The molecule has 1 unspecified atom stereocenters. The Kier molecular flexibility index (Phi) is 4.44. The van der Waals surface area contributed by atoms with E-state index in [4.69, 9.17) is 30.4 Å². The minimum Gasteiger partial charge on any atom is -0.497 e. The van der Waals surface area contributed by atoms with Crippen LogP contribution in [-0.4, -0.2) is 44.7 Å². The van der Waals surface area contributed by atoms with Gasteiger partial charge in [-0.3, -0.25) is 0 Å². The third-order valence-electron chi connectivity index (χ3n) is 3.56. The molecule has 0 fully saturated rings. The number of halogens is 1. The van der Waals surface area contributed by atoms with Crippen LogP contribution in [0.4, 0.5) is 4.79 Å². The Morgan fingerprint density at radius 1 is 1.48 bits per heavy atom. The molecule has 8 heteroatoms. The topological polar surface area (TPSA) is 66.0 Å². The monoisotopic (exact) mass is 339 g/mol. The number of ether oxygens (including phenoxy) is 2. The van der Waals surface area contributed by atoms with Gasteiger partial charge in [0.15, 0.2) is 0 Å². The second kappa shape index (κ2) is 6.22. The van der Waals surface area contributed by atoms with E-state index >= 15 is 0 Å². The molecule has 3 aliphatic rings. The minimum atomic E-state index is -0.555. The van der Waals surface area contributed by atoms with Crippen LogP contribution in [0.1, 0.15) is 20.8 Å². The van der Waals surface area contributed by atoms with Gasteiger partial charge in [0.1, 0.15) is 12.2 Å². The van der Waals surface area contributed by atoms with Crippen molar-refractivity contribution in [3.8, 4) is 0 Å². The molecule has 0 saturated carbocycles. The van der Waals surface area contributed by atoms with Gasteiger partial charge in [0.25, 0.3) is 0 Å². The first-order valence-electron chi connectivity index (χ1n) is 7.49. The van der Waals surface area contributed by atoms with E-state index in [2.05, 4.69) is 5.32 Å². The van der Waals surface area contributed by atoms with Gasteiger partial charge in [-0.25, -0.2) is 4.79 Å². The molecular weight excluding hydrogens is 320 g/mol. The normalized spacial score (nSPS) is 23.5. The first kappa shape index (κ1) is 16.4. The zero-order valence-corrected chi connectivity index (χ0v) is 14.1. The van der Waals surface area contributed by atoms with E-state index in [-0.39, 0.29) is 6.54 Å². The van der Waals surface area contributed by atoms with Crippen LogP contribution in [0.2, 0.25) is 0 Å². The van der Waals surface area contributed by atoms with Gasteiger partial charge in [0.05, 0.1) is 30.5 Å².